The number of piperidine rings is 1. The van der Waals surface area contributed by atoms with Gasteiger partial charge in [0.15, 0.2) is 0 Å². The van der Waals surface area contributed by atoms with Crippen LogP contribution in [0.15, 0.2) is 0 Å². The third kappa shape index (κ3) is 4.36. The molecule has 1 rings (SSSR count). The summed E-state index contributed by atoms with van der Waals surface area (Å²) in [6.45, 7) is 7.07. The van der Waals surface area contributed by atoms with E-state index in [0.29, 0.717) is 0 Å². The van der Waals surface area contributed by atoms with Gasteiger partial charge in [-0.25, -0.2) is 0 Å². The fourth-order valence-corrected chi connectivity index (χ4v) is 2.58. The summed E-state index contributed by atoms with van der Waals surface area (Å²) >= 11 is 2.10. The van der Waals surface area contributed by atoms with Gasteiger partial charge in [0, 0.05) is 0 Å². The zero-order valence-corrected chi connectivity index (χ0v) is 9.12. The first-order valence-corrected chi connectivity index (χ1v) is 6.16. The van der Waals surface area contributed by atoms with E-state index in [-0.39, 0.29) is 0 Å². The first-order valence-electron chi connectivity index (χ1n) is 5.11. The maximum absolute atomic E-state index is 3.46. The monoisotopic (exact) mass is 187 g/mol. The molecule has 1 aliphatic rings. The van der Waals surface area contributed by atoms with Crippen LogP contribution in [0.2, 0.25) is 0 Å². The maximum Gasteiger partial charge on any atom is -0.000968 e. The molecule has 0 aliphatic carbocycles. The molecule has 0 bridgehead atoms. The second-order valence-electron chi connectivity index (χ2n) is 3.92. The Morgan fingerprint density at radius 2 is 2.33 bits per heavy atom. The Balaban J connectivity index is 1.98. The maximum atomic E-state index is 3.46. The summed E-state index contributed by atoms with van der Waals surface area (Å²) in [5, 5.41) is 4.27. The van der Waals surface area contributed by atoms with Gasteiger partial charge in [-0.1, -0.05) is 13.8 Å². The van der Waals surface area contributed by atoms with E-state index in [0.717, 1.165) is 11.2 Å². The van der Waals surface area contributed by atoms with Gasteiger partial charge >= 0.3 is 0 Å². The standard InChI is InChI=1S/C10H21NS/c1-9(2)12-7-5-10-4-3-6-11-8-10/h9-11H,3-8H2,1-2H3. The van der Waals surface area contributed by atoms with Crippen molar-refractivity contribution >= 4 is 11.8 Å². The van der Waals surface area contributed by atoms with Crippen LogP contribution in [-0.4, -0.2) is 24.1 Å². The molecule has 0 aromatic heterocycles. The quantitative estimate of drug-likeness (QED) is 0.726. The SMILES string of the molecule is CC(C)SCCC1CCCNC1. The van der Waals surface area contributed by atoms with E-state index in [1.807, 2.05) is 0 Å². The Morgan fingerprint density at radius 1 is 1.50 bits per heavy atom. The summed E-state index contributed by atoms with van der Waals surface area (Å²) in [7, 11) is 0. The highest BCUT2D eigenvalue weighted by Gasteiger charge is 2.12. The Bertz CT molecular complexity index is 108. The molecule has 1 N–H and O–H groups in total. The number of nitrogens with one attached hydrogen (secondary N) is 1. The van der Waals surface area contributed by atoms with Gasteiger partial charge in [0.1, 0.15) is 0 Å². The van der Waals surface area contributed by atoms with E-state index in [4.69, 9.17) is 0 Å². The summed E-state index contributed by atoms with van der Waals surface area (Å²) < 4.78 is 0. The van der Waals surface area contributed by atoms with Crippen molar-refractivity contribution in [2.24, 2.45) is 5.92 Å². The Labute approximate surface area is 80.7 Å². The zero-order chi connectivity index (χ0) is 8.81. The number of hydrogen-bond acceptors (Lipinski definition) is 2. The molecule has 1 atom stereocenters. The van der Waals surface area contributed by atoms with Gasteiger partial charge in [-0.05, 0) is 49.3 Å². The van der Waals surface area contributed by atoms with Crippen molar-refractivity contribution in [3.05, 3.63) is 0 Å². The van der Waals surface area contributed by atoms with Crippen LogP contribution in [0, 0.1) is 5.92 Å². The largest absolute Gasteiger partial charge is 0.316 e. The van der Waals surface area contributed by atoms with E-state index in [1.54, 1.807) is 0 Å². The van der Waals surface area contributed by atoms with Crippen molar-refractivity contribution in [1.82, 2.24) is 5.32 Å². The average Bonchev–Trinajstić information content (AvgIpc) is 2.05. The van der Waals surface area contributed by atoms with Crippen LogP contribution in [-0.2, 0) is 0 Å². The predicted octanol–water partition coefficient (Wildman–Crippen LogP) is 2.52. The lowest BCUT2D eigenvalue weighted by Crippen LogP contribution is -2.30. The first-order chi connectivity index (χ1) is 5.79. The summed E-state index contributed by atoms with van der Waals surface area (Å²) in [5.41, 5.74) is 0. The molecule has 1 heterocycles. The van der Waals surface area contributed by atoms with E-state index in [2.05, 4.69) is 30.9 Å². The molecule has 0 spiro atoms. The van der Waals surface area contributed by atoms with Crippen molar-refractivity contribution in [3.8, 4) is 0 Å². The molecular weight excluding hydrogens is 166 g/mol. The third-order valence-corrected chi connectivity index (χ3v) is 3.51. The molecule has 0 aromatic carbocycles. The van der Waals surface area contributed by atoms with Crippen molar-refractivity contribution in [2.75, 3.05) is 18.8 Å². The van der Waals surface area contributed by atoms with Gasteiger partial charge in [0.25, 0.3) is 0 Å². The van der Waals surface area contributed by atoms with Gasteiger partial charge in [-0.2, -0.15) is 11.8 Å². The molecule has 72 valence electrons. The normalized spacial score (nSPS) is 24.8. The lowest BCUT2D eigenvalue weighted by molar-refractivity contribution is 0.371. The minimum absolute atomic E-state index is 0.807. The molecule has 12 heavy (non-hydrogen) atoms. The van der Waals surface area contributed by atoms with E-state index in [9.17, 15) is 0 Å². The molecule has 1 aliphatic heterocycles. The van der Waals surface area contributed by atoms with Gasteiger partial charge < -0.3 is 5.32 Å². The molecule has 0 radical (unpaired) electrons. The Morgan fingerprint density at radius 3 is 2.92 bits per heavy atom. The van der Waals surface area contributed by atoms with Gasteiger partial charge in [-0.3, -0.25) is 0 Å². The molecular formula is C10H21NS. The van der Waals surface area contributed by atoms with E-state index < -0.39 is 0 Å². The molecule has 1 fully saturated rings. The summed E-state index contributed by atoms with van der Waals surface area (Å²) in [6.07, 6.45) is 4.25. The topological polar surface area (TPSA) is 12.0 Å². The molecule has 1 unspecified atom stereocenters. The highest BCUT2D eigenvalue weighted by Crippen LogP contribution is 2.18. The molecule has 0 saturated carbocycles. The number of hydrogen-bond donors (Lipinski definition) is 1. The third-order valence-electron chi connectivity index (χ3n) is 2.38. The lowest BCUT2D eigenvalue weighted by atomic mass is 9.97. The lowest BCUT2D eigenvalue weighted by Gasteiger charge is -2.22. The molecule has 0 amide bonds. The summed E-state index contributed by atoms with van der Waals surface area (Å²) in [6, 6.07) is 0. The predicted molar refractivity (Wildman–Crippen MR) is 57.8 cm³/mol. The molecule has 1 saturated heterocycles. The second kappa shape index (κ2) is 5.87. The minimum Gasteiger partial charge on any atom is -0.316 e. The van der Waals surface area contributed by atoms with Crippen molar-refractivity contribution in [3.63, 3.8) is 0 Å². The van der Waals surface area contributed by atoms with Gasteiger partial charge in [-0.15, -0.1) is 0 Å². The van der Waals surface area contributed by atoms with Crippen LogP contribution in [0.5, 0.6) is 0 Å². The van der Waals surface area contributed by atoms with Gasteiger partial charge in [0.05, 0.1) is 0 Å². The Kier molecular flexibility index (Phi) is 5.08. The second-order valence-corrected chi connectivity index (χ2v) is 5.60. The van der Waals surface area contributed by atoms with Crippen molar-refractivity contribution in [1.29, 1.82) is 0 Å². The smallest absolute Gasteiger partial charge is 0.000968 e. The molecule has 2 heteroatoms. The van der Waals surface area contributed by atoms with Crippen LogP contribution < -0.4 is 5.32 Å². The first kappa shape index (κ1) is 10.4. The minimum atomic E-state index is 0.807. The van der Waals surface area contributed by atoms with Crippen LogP contribution in [0.25, 0.3) is 0 Å². The summed E-state index contributed by atoms with van der Waals surface area (Å²) in [5.74, 6) is 2.31. The summed E-state index contributed by atoms with van der Waals surface area (Å²) in [4.78, 5) is 0. The Hall–Kier alpha value is 0.310. The van der Waals surface area contributed by atoms with Crippen LogP contribution in [0.4, 0.5) is 0 Å². The highest BCUT2D eigenvalue weighted by molar-refractivity contribution is 7.99. The fraction of sp³-hybridized carbons (Fsp3) is 1.00. The van der Waals surface area contributed by atoms with Crippen LogP contribution in [0.3, 0.4) is 0 Å². The fourth-order valence-electron chi connectivity index (χ4n) is 1.64. The number of thioether (sulfide) groups is 1. The van der Waals surface area contributed by atoms with Crippen molar-refractivity contribution in [2.45, 2.75) is 38.4 Å². The highest BCUT2D eigenvalue weighted by atomic mass is 32.2. The average molecular weight is 187 g/mol. The van der Waals surface area contributed by atoms with E-state index in [1.165, 1.54) is 38.1 Å². The van der Waals surface area contributed by atoms with E-state index >= 15 is 0 Å². The molecule has 1 nitrogen and oxygen atoms in total. The van der Waals surface area contributed by atoms with Crippen LogP contribution >= 0.6 is 11.8 Å². The zero-order valence-electron chi connectivity index (χ0n) is 8.31. The molecule has 0 aromatic rings. The van der Waals surface area contributed by atoms with Crippen LogP contribution in [0.1, 0.15) is 33.1 Å². The van der Waals surface area contributed by atoms with Crippen molar-refractivity contribution < 1.29 is 0 Å². The number of rotatable bonds is 4. The van der Waals surface area contributed by atoms with Gasteiger partial charge in [0.2, 0.25) is 0 Å².